The summed E-state index contributed by atoms with van der Waals surface area (Å²) in [6.45, 7) is 5.57. The molecule has 1 aliphatic heterocycles. The molecular weight excluding hydrogens is 336 g/mol. The molecule has 3 rings (SSSR count). The summed E-state index contributed by atoms with van der Waals surface area (Å²) in [6.07, 6.45) is 2.38. The van der Waals surface area contributed by atoms with Crippen LogP contribution in [-0.2, 0) is 9.59 Å². The SMILES string of the molecule is CC1=C(C)CC(C(=O)N2CCN(C(=O)c3ccco3)CC2)C(C(=O)O)C1. The molecule has 2 aliphatic rings. The van der Waals surface area contributed by atoms with E-state index < -0.39 is 17.8 Å². The Labute approximate surface area is 152 Å². The number of hydrogen-bond acceptors (Lipinski definition) is 4. The standard InChI is InChI=1S/C19H24N2O5/c1-12-10-14(15(19(24)25)11-13(12)2)17(22)20-5-7-21(8-6-20)18(23)16-4-3-9-26-16/h3-4,9,14-15H,5-8,10-11H2,1-2H3,(H,24,25). The lowest BCUT2D eigenvalue weighted by Gasteiger charge is -2.38. The molecule has 0 bridgehead atoms. The molecule has 0 spiro atoms. The van der Waals surface area contributed by atoms with E-state index in [4.69, 9.17) is 4.42 Å². The van der Waals surface area contributed by atoms with E-state index in [-0.39, 0.29) is 11.8 Å². The monoisotopic (exact) mass is 360 g/mol. The summed E-state index contributed by atoms with van der Waals surface area (Å²) in [6, 6.07) is 3.29. The van der Waals surface area contributed by atoms with Gasteiger partial charge in [-0.1, -0.05) is 11.1 Å². The first-order valence-corrected chi connectivity index (χ1v) is 8.88. The number of carbonyl (C=O) groups excluding carboxylic acids is 2. The van der Waals surface area contributed by atoms with Gasteiger partial charge in [0.05, 0.1) is 18.1 Å². The zero-order valence-corrected chi connectivity index (χ0v) is 15.1. The molecule has 1 aromatic heterocycles. The van der Waals surface area contributed by atoms with Crippen LogP contribution in [0.3, 0.4) is 0 Å². The van der Waals surface area contributed by atoms with Crippen molar-refractivity contribution in [1.82, 2.24) is 9.80 Å². The van der Waals surface area contributed by atoms with Crippen molar-refractivity contribution < 1.29 is 23.9 Å². The molecule has 1 N–H and O–H groups in total. The zero-order chi connectivity index (χ0) is 18.8. The van der Waals surface area contributed by atoms with E-state index in [1.54, 1.807) is 21.9 Å². The number of amides is 2. The molecule has 2 heterocycles. The number of rotatable bonds is 3. The van der Waals surface area contributed by atoms with Gasteiger partial charge in [-0.3, -0.25) is 14.4 Å². The van der Waals surface area contributed by atoms with Crippen LogP contribution in [-0.4, -0.2) is 58.9 Å². The first-order chi connectivity index (χ1) is 12.4. The van der Waals surface area contributed by atoms with Crippen molar-refractivity contribution in [2.75, 3.05) is 26.2 Å². The van der Waals surface area contributed by atoms with Gasteiger partial charge in [0.2, 0.25) is 5.91 Å². The zero-order valence-electron chi connectivity index (χ0n) is 15.1. The molecule has 0 radical (unpaired) electrons. The quantitative estimate of drug-likeness (QED) is 0.833. The van der Waals surface area contributed by atoms with Crippen LogP contribution < -0.4 is 0 Å². The molecule has 1 aliphatic carbocycles. The van der Waals surface area contributed by atoms with Gasteiger partial charge in [-0.15, -0.1) is 0 Å². The molecule has 2 amide bonds. The van der Waals surface area contributed by atoms with Crippen molar-refractivity contribution in [3.8, 4) is 0 Å². The van der Waals surface area contributed by atoms with E-state index in [1.807, 2.05) is 13.8 Å². The predicted molar refractivity (Wildman–Crippen MR) is 93.4 cm³/mol. The molecule has 140 valence electrons. The highest BCUT2D eigenvalue weighted by atomic mass is 16.4. The number of furan rings is 1. The van der Waals surface area contributed by atoms with Crippen molar-refractivity contribution in [3.63, 3.8) is 0 Å². The molecule has 2 unspecified atom stereocenters. The van der Waals surface area contributed by atoms with Crippen LogP contribution in [0.2, 0.25) is 0 Å². The minimum atomic E-state index is -0.915. The van der Waals surface area contributed by atoms with Crippen LogP contribution >= 0.6 is 0 Å². The number of nitrogens with zero attached hydrogens (tertiary/aromatic N) is 2. The average Bonchev–Trinajstić information content (AvgIpc) is 3.17. The minimum Gasteiger partial charge on any atom is -0.481 e. The fourth-order valence-electron chi connectivity index (χ4n) is 3.73. The first-order valence-electron chi connectivity index (χ1n) is 8.88. The fourth-order valence-corrected chi connectivity index (χ4v) is 3.73. The molecule has 1 saturated heterocycles. The summed E-state index contributed by atoms with van der Waals surface area (Å²) in [5, 5.41) is 9.52. The third-order valence-electron chi connectivity index (χ3n) is 5.51. The van der Waals surface area contributed by atoms with E-state index in [1.165, 1.54) is 6.26 Å². The highest BCUT2D eigenvalue weighted by molar-refractivity contribution is 5.92. The lowest BCUT2D eigenvalue weighted by atomic mass is 9.76. The molecule has 7 heteroatoms. The van der Waals surface area contributed by atoms with E-state index in [9.17, 15) is 19.5 Å². The molecule has 1 aromatic rings. The van der Waals surface area contributed by atoms with E-state index in [2.05, 4.69) is 0 Å². The summed E-state index contributed by atoms with van der Waals surface area (Å²) in [5.74, 6) is -2.12. The minimum absolute atomic E-state index is 0.116. The van der Waals surface area contributed by atoms with Crippen LogP contribution in [0.4, 0.5) is 0 Å². The number of carboxylic acids is 1. The fraction of sp³-hybridized carbons (Fsp3) is 0.526. The summed E-state index contributed by atoms with van der Waals surface area (Å²) in [4.78, 5) is 40.2. The van der Waals surface area contributed by atoms with Crippen LogP contribution in [0.15, 0.2) is 34.0 Å². The Balaban J connectivity index is 1.64. The Bertz CT molecular complexity index is 729. The van der Waals surface area contributed by atoms with Crippen LogP contribution in [0.5, 0.6) is 0 Å². The van der Waals surface area contributed by atoms with Gasteiger partial charge in [0, 0.05) is 26.2 Å². The highest BCUT2D eigenvalue weighted by Gasteiger charge is 2.40. The van der Waals surface area contributed by atoms with Crippen molar-refractivity contribution >= 4 is 17.8 Å². The van der Waals surface area contributed by atoms with Gasteiger partial charge < -0.3 is 19.3 Å². The summed E-state index contributed by atoms with van der Waals surface area (Å²) in [5.41, 5.74) is 2.17. The maximum Gasteiger partial charge on any atom is 0.307 e. The number of allylic oxidation sites excluding steroid dienone is 2. The van der Waals surface area contributed by atoms with E-state index >= 15 is 0 Å². The second kappa shape index (κ2) is 7.35. The van der Waals surface area contributed by atoms with Gasteiger partial charge in [0.1, 0.15) is 0 Å². The molecule has 1 fully saturated rings. The number of aliphatic carboxylic acids is 1. The molecule has 0 aromatic carbocycles. The van der Waals surface area contributed by atoms with Crippen LogP contribution in [0.25, 0.3) is 0 Å². The summed E-state index contributed by atoms with van der Waals surface area (Å²) in [7, 11) is 0. The van der Waals surface area contributed by atoms with Crippen molar-refractivity contribution in [1.29, 1.82) is 0 Å². The Kier molecular flexibility index (Phi) is 5.15. The third-order valence-corrected chi connectivity index (χ3v) is 5.51. The van der Waals surface area contributed by atoms with Gasteiger partial charge in [-0.25, -0.2) is 0 Å². The predicted octanol–water partition coefficient (Wildman–Crippen LogP) is 2.01. The maximum absolute atomic E-state index is 12.9. The van der Waals surface area contributed by atoms with Gasteiger partial charge in [-0.2, -0.15) is 0 Å². The number of carboxylic acid groups (broad SMARTS) is 1. The summed E-state index contributed by atoms with van der Waals surface area (Å²) >= 11 is 0. The molecule has 2 atom stereocenters. The average molecular weight is 360 g/mol. The second-order valence-electron chi connectivity index (χ2n) is 7.11. The number of hydrogen-bond donors (Lipinski definition) is 1. The maximum atomic E-state index is 12.9. The largest absolute Gasteiger partial charge is 0.481 e. The van der Waals surface area contributed by atoms with Crippen LogP contribution in [0.1, 0.15) is 37.2 Å². The van der Waals surface area contributed by atoms with E-state index in [0.717, 1.165) is 11.1 Å². The summed E-state index contributed by atoms with van der Waals surface area (Å²) < 4.78 is 5.14. The second-order valence-corrected chi connectivity index (χ2v) is 7.11. The molecule has 0 saturated carbocycles. The molecular formula is C19H24N2O5. The Morgan fingerprint density at radius 1 is 1.00 bits per heavy atom. The van der Waals surface area contributed by atoms with Crippen molar-refractivity contribution in [3.05, 3.63) is 35.3 Å². The Hall–Kier alpha value is -2.57. The molecule has 7 nitrogen and oxygen atoms in total. The number of piperazine rings is 1. The van der Waals surface area contributed by atoms with Gasteiger partial charge in [-0.05, 0) is 38.8 Å². The normalized spacial score (nSPS) is 23.9. The van der Waals surface area contributed by atoms with Crippen molar-refractivity contribution in [2.45, 2.75) is 26.7 Å². The van der Waals surface area contributed by atoms with Gasteiger partial charge in [0.15, 0.2) is 5.76 Å². The lowest BCUT2D eigenvalue weighted by Crippen LogP contribution is -2.53. The topological polar surface area (TPSA) is 91.1 Å². The smallest absolute Gasteiger partial charge is 0.307 e. The van der Waals surface area contributed by atoms with Gasteiger partial charge in [0.25, 0.3) is 5.91 Å². The number of carbonyl (C=O) groups is 3. The van der Waals surface area contributed by atoms with Crippen LogP contribution in [0, 0.1) is 11.8 Å². The third kappa shape index (κ3) is 3.52. The Morgan fingerprint density at radius 2 is 1.58 bits per heavy atom. The Morgan fingerprint density at radius 3 is 2.12 bits per heavy atom. The van der Waals surface area contributed by atoms with Gasteiger partial charge >= 0.3 is 5.97 Å². The first kappa shape index (κ1) is 18.2. The highest BCUT2D eigenvalue weighted by Crippen LogP contribution is 2.35. The van der Waals surface area contributed by atoms with E-state index in [0.29, 0.717) is 44.8 Å². The molecule has 26 heavy (non-hydrogen) atoms. The lowest BCUT2D eigenvalue weighted by molar-refractivity contribution is -0.151. The van der Waals surface area contributed by atoms with Crippen molar-refractivity contribution in [2.24, 2.45) is 11.8 Å².